The highest BCUT2D eigenvalue weighted by atomic mass is 19.2. The van der Waals surface area contributed by atoms with E-state index < -0.39 is 341 Å². The monoisotopic (exact) mass is 1590 g/mol. The minimum absolute atomic E-state index is 0.455. The summed E-state index contributed by atoms with van der Waals surface area (Å²) >= 11 is 0. The number of rotatable bonds is 7. The lowest BCUT2D eigenvalue weighted by Crippen LogP contribution is -2.06. The van der Waals surface area contributed by atoms with E-state index in [2.05, 4.69) is 39.9 Å². The molecule has 10 heterocycles. The highest BCUT2D eigenvalue weighted by Crippen LogP contribution is 2.50. The van der Waals surface area contributed by atoms with Gasteiger partial charge in [-0.3, -0.25) is 0 Å². The first kappa shape index (κ1) is 72.9. The SMILES string of the molecule is Fc1c(F)c(F)c(-c2c3nc(c(-c4c(F)c(F)c(F)c(F)c4F)c4[nH]c(cc4-c4cc5[nH]c4c(-c4c(F)c(F)c(F)c(F)c4F)c4ccc([nH]4)c(-c4c(F)c(F)c(F)c(F)c4F)c4nc(c(-c6c(F)c(F)c(F)c(F)c6F)c6ccc5[nH]6)C=C4)c4ccc([nH]4)c(-c4c(F)c(F)c(F)c(F)c4F)c4ccc2[nH]4)C=C3)c(F)c1F. The van der Waals surface area contributed by atoms with Crippen molar-refractivity contribution in [2.45, 2.75) is 0 Å². The second kappa shape index (κ2) is 25.6. The van der Waals surface area contributed by atoms with Gasteiger partial charge < -0.3 is 29.9 Å². The van der Waals surface area contributed by atoms with Gasteiger partial charge in [-0.15, -0.1) is 0 Å². The molecule has 14 aromatic rings. The molecule has 16 rings (SSSR count). The van der Waals surface area contributed by atoms with Crippen LogP contribution in [-0.4, -0.2) is 39.9 Å². The third kappa shape index (κ3) is 10.3. The van der Waals surface area contributed by atoms with Crippen LogP contribution in [0.15, 0.2) is 60.7 Å². The molecule has 0 fully saturated rings. The maximum absolute atomic E-state index is 17.3. The molecule has 38 heteroatoms. The molecule has 8 nitrogen and oxygen atoms in total. The van der Waals surface area contributed by atoms with Crippen LogP contribution >= 0.6 is 0 Å². The molecule has 16 bridgehead atoms. The Bertz CT molecular complexity index is 6860. The fourth-order valence-electron chi connectivity index (χ4n) is 13.4. The van der Waals surface area contributed by atoms with Crippen molar-refractivity contribution in [2.75, 3.05) is 0 Å². The summed E-state index contributed by atoms with van der Waals surface area (Å²) in [6.07, 6.45) is 2.08. The van der Waals surface area contributed by atoms with Crippen LogP contribution in [0.25, 0.3) is 168 Å². The van der Waals surface area contributed by atoms with E-state index in [1.165, 1.54) is 0 Å². The first-order valence-electron chi connectivity index (χ1n) is 30.9. The highest BCUT2D eigenvalue weighted by molar-refractivity contribution is 6.12. The van der Waals surface area contributed by atoms with Gasteiger partial charge in [0.25, 0.3) is 0 Å². The van der Waals surface area contributed by atoms with E-state index >= 15 is 114 Å². The summed E-state index contributed by atoms with van der Waals surface area (Å²) in [5.74, 6) is -83.6. The molecule has 0 saturated heterocycles. The molecule has 566 valence electrons. The zero-order valence-electron chi connectivity index (χ0n) is 53.3. The molecular formula is C74H20F30N8. The average Bonchev–Trinajstić information content (AvgIpc) is 1.62. The number of aromatic nitrogens is 8. The van der Waals surface area contributed by atoms with Gasteiger partial charge in [0.1, 0.15) is 0 Å². The quantitative estimate of drug-likeness (QED) is 0.0541. The Kier molecular flexibility index (Phi) is 16.7. The van der Waals surface area contributed by atoms with E-state index in [1.807, 2.05) is 0 Å². The number of hydrogen-bond donors (Lipinski definition) is 6. The number of H-pyrrole nitrogens is 6. The topological polar surface area (TPSA) is 121 Å². The molecule has 0 saturated carbocycles. The predicted molar refractivity (Wildman–Crippen MR) is 341 cm³/mol. The minimum atomic E-state index is -2.94. The summed E-state index contributed by atoms with van der Waals surface area (Å²) in [5.41, 5.74) is -39.7. The number of halogens is 30. The minimum Gasteiger partial charge on any atom is -0.354 e. The molecule has 6 aromatic carbocycles. The van der Waals surface area contributed by atoms with Gasteiger partial charge in [-0.2, -0.15) is 0 Å². The largest absolute Gasteiger partial charge is 0.354 e. The third-order valence-electron chi connectivity index (χ3n) is 18.4. The van der Waals surface area contributed by atoms with Crippen molar-refractivity contribution in [1.82, 2.24) is 39.9 Å². The number of aromatic amines is 6. The molecule has 2 aliphatic heterocycles. The molecule has 0 spiro atoms. The van der Waals surface area contributed by atoms with Crippen molar-refractivity contribution in [3.05, 3.63) is 258 Å². The van der Waals surface area contributed by atoms with Crippen LogP contribution in [0.5, 0.6) is 0 Å². The Balaban J connectivity index is 1.19. The van der Waals surface area contributed by atoms with Crippen LogP contribution in [0.4, 0.5) is 132 Å². The van der Waals surface area contributed by atoms with Crippen molar-refractivity contribution in [1.29, 1.82) is 0 Å². The molecule has 112 heavy (non-hydrogen) atoms. The van der Waals surface area contributed by atoms with Gasteiger partial charge in [0, 0.05) is 77.6 Å². The van der Waals surface area contributed by atoms with Gasteiger partial charge in [0.2, 0.25) is 34.9 Å². The Morgan fingerprint density at radius 3 is 0.580 bits per heavy atom. The van der Waals surface area contributed by atoms with Crippen LogP contribution in [0, 0.1) is 175 Å². The zero-order chi connectivity index (χ0) is 80.2. The predicted octanol–water partition coefficient (Wildman–Crippen LogP) is 23.5. The van der Waals surface area contributed by atoms with Crippen molar-refractivity contribution in [2.24, 2.45) is 0 Å². The summed E-state index contributed by atoms with van der Waals surface area (Å²) < 4.78 is 481. The van der Waals surface area contributed by atoms with Crippen LogP contribution in [0.1, 0.15) is 22.8 Å². The number of fused-ring (bicyclic) bond motifs is 18. The van der Waals surface area contributed by atoms with E-state index in [4.69, 9.17) is 0 Å². The molecule has 0 radical (unpaired) electrons. The van der Waals surface area contributed by atoms with Crippen LogP contribution in [0.2, 0.25) is 0 Å². The molecule has 2 aliphatic rings. The van der Waals surface area contributed by atoms with Crippen molar-refractivity contribution in [3.8, 4) is 77.9 Å². The van der Waals surface area contributed by atoms with Gasteiger partial charge in [0.05, 0.1) is 89.3 Å². The van der Waals surface area contributed by atoms with E-state index in [-0.39, 0.29) is 0 Å². The number of hydrogen-bond acceptors (Lipinski definition) is 2. The van der Waals surface area contributed by atoms with E-state index in [9.17, 15) is 17.6 Å². The molecule has 6 N–H and O–H groups in total. The number of benzene rings is 6. The van der Waals surface area contributed by atoms with Crippen molar-refractivity contribution in [3.63, 3.8) is 0 Å². The zero-order valence-corrected chi connectivity index (χ0v) is 53.3. The summed E-state index contributed by atoms with van der Waals surface area (Å²) in [5, 5.41) is 0. The molecule has 0 aliphatic carbocycles. The first-order chi connectivity index (χ1) is 53.1. The van der Waals surface area contributed by atoms with Gasteiger partial charge in [-0.25, -0.2) is 142 Å². The highest BCUT2D eigenvalue weighted by Gasteiger charge is 2.39. The van der Waals surface area contributed by atoms with Gasteiger partial charge in [-0.1, -0.05) is 0 Å². The average molecular weight is 1590 g/mol. The van der Waals surface area contributed by atoms with Gasteiger partial charge in [0.15, 0.2) is 140 Å². The third-order valence-corrected chi connectivity index (χ3v) is 18.4. The van der Waals surface area contributed by atoms with E-state index in [0.29, 0.717) is 66.8 Å². The Morgan fingerprint density at radius 1 is 0.152 bits per heavy atom. The summed E-state index contributed by atoms with van der Waals surface area (Å²) in [7, 11) is 0. The molecule has 8 aromatic heterocycles. The smallest absolute Gasteiger partial charge is 0.200 e. The second-order valence-corrected chi connectivity index (χ2v) is 24.4. The first-order valence-corrected chi connectivity index (χ1v) is 30.9. The maximum atomic E-state index is 17.3. The second-order valence-electron chi connectivity index (χ2n) is 24.4. The summed E-state index contributed by atoms with van der Waals surface area (Å²) in [6.45, 7) is 0. The van der Waals surface area contributed by atoms with E-state index in [0.717, 1.165) is 18.2 Å². The summed E-state index contributed by atoms with van der Waals surface area (Å²) in [4.78, 5) is 22.7. The molecule has 0 amide bonds. The van der Waals surface area contributed by atoms with Crippen molar-refractivity contribution < 1.29 is 132 Å². The van der Waals surface area contributed by atoms with Crippen LogP contribution in [0.3, 0.4) is 0 Å². The number of nitrogens with zero attached hydrogens (tertiary/aromatic N) is 2. The maximum Gasteiger partial charge on any atom is 0.200 e. The summed E-state index contributed by atoms with van der Waals surface area (Å²) in [6, 6.07) is 6.51. The van der Waals surface area contributed by atoms with Crippen LogP contribution < -0.4 is 0 Å². The van der Waals surface area contributed by atoms with Crippen LogP contribution in [-0.2, 0) is 0 Å². The molecular weight excluding hydrogens is 1570 g/mol. The lowest BCUT2D eigenvalue weighted by atomic mass is 9.95. The lowest BCUT2D eigenvalue weighted by molar-refractivity contribution is 0.381. The molecule has 0 atom stereocenters. The Hall–Kier alpha value is -13.3. The number of nitrogens with one attached hydrogen (secondary N) is 6. The Labute approximate surface area is 596 Å². The fraction of sp³-hybridized carbons (Fsp3) is 0. The Morgan fingerprint density at radius 2 is 0.321 bits per heavy atom. The van der Waals surface area contributed by atoms with Gasteiger partial charge in [-0.05, 0) is 85.0 Å². The van der Waals surface area contributed by atoms with E-state index in [1.54, 1.807) is 0 Å². The van der Waals surface area contributed by atoms with Gasteiger partial charge >= 0.3 is 0 Å². The van der Waals surface area contributed by atoms with Crippen molar-refractivity contribution >= 4 is 90.5 Å². The lowest BCUT2D eigenvalue weighted by Gasteiger charge is -2.13. The normalized spacial score (nSPS) is 12.3. The fourth-order valence-corrected chi connectivity index (χ4v) is 13.4. The standard InChI is InChI=1S/C74H20F30N8/c75-43-37(44(76)56(88)67(99)55(43)87)31-19-3-1-17(105-19)29-13-15(73(111-29)35(41-51(83)63(95)71(103)64(96)52(41)84)27-11-9-25(109-27)33(23-7-5-21(31)107-23)39-47(79)59(91)69(101)60(92)48(39)80)16-14-30-18-2-4-20(106-18)32(38-45(77)57(89)68(100)58(90)46(38)78)22-6-8-24(108-22)34(40-49(81)61(93)70(102)62(94)50(40)82)26-10-12-28(110-26)36(74(16)112-30)42-53(85)65(97)72(104)66(98)54(42)86/h1-14,105-107,110-112H. The molecule has 0 unspecified atom stereocenters.